The molecule has 3 nitrogen and oxygen atoms in total. The number of nitrogens with one attached hydrogen (secondary N) is 1. The quantitative estimate of drug-likeness (QED) is 0.741. The molecule has 0 saturated heterocycles. The molecule has 0 aliphatic carbocycles. The number of amides is 1. The molecule has 1 amide bonds. The molecule has 0 aliphatic heterocycles. The number of carbonyl (C=O) groups is 1. The minimum atomic E-state index is -0.233. The van der Waals surface area contributed by atoms with Gasteiger partial charge in [0.25, 0.3) is 5.91 Å². The third-order valence-corrected chi connectivity index (χ3v) is 2.30. The average molecular weight is 244 g/mol. The van der Waals surface area contributed by atoms with Crippen LogP contribution in [0.1, 0.15) is 42.3 Å². The lowest BCUT2D eigenvalue weighted by molar-refractivity contribution is 0.0919. The minimum Gasteiger partial charge on any atom is -0.347 e. The van der Waals surface area contributed by atoms with E-state index in [0.29, 0.717) is 12.1 Å². The summed E-state index contributed by atoms with van der Waals surface area (Å²) in [6.07, 6.45) is 0. The fourth-order valence-corrected chi connectivity index (χ4v) is 1.50. The van der Waals surface area contributed by atoms with Gasteiger partial charge < -0.3 is 11.1 Å². The first kappa shape index (κ1) is 14.3. The number of aryl methyl sites for hydroxylation is 1. The smallest absolute Gasteiger partial charge is 0.251 e. The van der Waals surface area contributed by atoms with Crippen LogP contribution in [0.25, 0.3) is 0 Å². The predicted molar refractivity (Wildman–Crippen MR) is 74.3 cm³/mol. The second-order valence-corrected chi connectivity index (χ2v) is 5.24. The zero-order valence-electron chi connectivity index (χ0n) is 11.4. The van der Waals surface area contributed by atoms with Crippen LogP contribution >= 0.6 is 0 Å². The number of carbonyl (C=O) groups excluding carboxylic acids is 1. The number of nitrogens with two attached hydrogens (primary N) is 1. The van der Waals surface area contributed by atoms with Crippen LogP contribution in [0.4, 0.5) is 0 Å². The van der Waals surface area contributed by atoms with Gasteiger partial charge in [-0.05, 0) is 51.5 Å². The summed E-state index contributed by atoms with van der Waals surface area (Å²) in [6, 6.07) is 5.49. The fraction of sp³-hybridized carbons (Fsp3) is 0.400. The average Bonchev–Trinajstić information content (AvgIpc) is 2.25. The number of hydrogen-bond donors (Lipinski definition) is 2. The first-order valence-electron chi connectivity index (χ1n) is 5.95. The highest BCUT2D eigenvalue weighted by Gasteiger charge is 2.15. The Labute approximate surface area is 109 Å². The van der Waals surface area contributed by atoms with Gasteiger partial charge in [-0.3, -0.25) is 4.79 Å². The Balaban J connectivity index is 2.94. The Morgan fingerprint density at radius 1 is 1.39 bits per heavy atom. The summed E-state index contributed by atoms with van der Waals surface area (Å²) >= 11 is 0. The molecule has 1 rings (SSSR count). The van der Waals surface area contributed by atoms with E-state index in [9.17, 15) is 4.79 Å². The molecular weight excluding hydrogens is 224 g/mol. The van der Waals surface area contributed by atoms with Crippen LogP contribution in [0.15, 0.2) is 18.2 Å². The first-order valence-corrected chi connectivity index (χ1v) is 5.95. The van der Waals surface area contributed by atoms with Gasteiger partial charge in [-0.1, -0.05) is 11.8 Å². The van der Waals surface area contributed by atoms with Crippen LogP contribution in [0.5, 0.6) is 0 Å². The lowest BCUT2D eigenvalue weighted by Gasteiger charge is -2.20. The van der Waals surface area contributed by atoms with E-state index in [0.717, 1.165) is 11.1 Å². The Morgan fingerprint density at radius 3 is 2.56 bits per heavy atom. The molecule has 0 radical (unpaired) electrons. The van der Waals surface area contributed by atoms with E-state index in [4.69, 9.17) is 5.73 Å². The van der Waals surface area contributed by atoms with Crippen LogP contribution in [0, 0.1) is 18.8 Å². The van der Waals surface area contributed by atoms with Gasteiger partial charge in [-0.15, -0.1) is 0 Å². The van der Waals surface area contributed by atoms with E-state index >= 15 is 0 Å². The number of benzene rings is 1. The monoisotopic (exact) mass is 244 g/mol. The van der Waals surface area contributed by atoms with Crippen molar-refractivity contribution >= 4 is 5.91 Å². The van der Waals surface area contributed by atoms with Crippen molar-refractivity contribution in [3.05, 3.63) is 34.9 Å². The first-order chi connectivity index (χ1) is 8.33. The van der Waals surface area contributed by atoms with E-state index in [2.05, 4.69) is 17.2 Å². The highest BCUT2D eigenvalue weighted by Crippen LogP contribution is 2.11. The molecular formula is C15H20N2O. The normalized spacial score (nSPS) is 10.5. The van der Waals surface area contributed by atoms with Crippen LogP contribution in [0.2, 0.25) is 0 Å². The Bertz CT molecular complexity index is 501. The molecule has 3 N–H and O–H groups in total. The van der Waals surface area contributed by atoms with Gasteiger partial charge >= 0.3 is 0 Å². The summed E-state index contributed by atoms with van der Waals surface area (Å²) in [4.78, 5) is 12.0. The van der Waals surface area contributed by atoms with Crippen molar-refractivity contribution < 1.29 is 4.79 Å². The molecule has 0 saturated carbocycles. The van der Waals surface area contributed by atoms with Crippen LogP contribution < -0.4 is 11.1 Å². The Kier molecular flexibility index (Phi) is 4.52. The van der Waals surface area contributed by atoms with Crippen molar-refractivity contribution in [3.63, 3.8) is 0 Å². The van der Waals surface area contributed by atoms with Gasteiger partial charge in [0.1, 0.15) is 0 Å². The molecule has 18 heavy (non-hydrogen) atoms. The molecule has 96 valence electrons. The molecule has 0 spiro atoms. The van der Waals surface area contributed by atoms with Gasteiger partial charge in [0.05, 0.1) is 6.54 Å². The van der Waals surface area contributed by atoms with E-state index in [1.165, 1.54) is 0 Å². The molecule has 0 heterocycles. The summed E-state index contributed by atoms with van der Waals surface area (Å²) in [7, 11) is 0. The largest absolute Gasteiger partial charge is 0.347 e. The molecule has 0 fully saturated rings. The molecule has 0 atom stereocenters. The second kappa shape index (κ2) is 5.70. The SMILES string of the molecule is Cc1cc(C(=O)NC(C)(C)C)ccc1C#CCN. The van der Waals surface area contributed by atoms with Gasteiger partial charge in [0.2, 0.25) is 0 Å². The molecule has 1 aromatic carbocycles. The lowest BCUT2D eigenvalue weighted by atomic mass is 10.0. The summed E-state index contributed by atoms with van der Waals surface area (Å²) < 4.78 is 0. The zero-order chi connectivity index (χ0) is 13.8. The van der Waals surface area contributed by atoms with Crippen molar-refractivity contribution in [3.8, 4) is 11.8 Å². The molecule has 0 unspecified atom stereocenters. The predicted octanol–water partition coefficient (Wildman–Crippen LogP) is 1.83. The van der Waals surface area contributed by atoms with Crippen molar-refractivity contribution in [2.24, 2.45) is 5.73 Å². The topological polar surface area (TPSA) is 55.1 Å². The van der Waals surface area contributed by atoms with Gasteiger partial charge in [-0.25, -0.2) is 0 Å². The van der Waals surface area contributed by atoms with Crippen LogP contribution in [-0.2, 0) is 0 Å². The van der Waals surface area contributed by atoms with Gasteiger partial charge in [0.15, 0.2) is 0 Å². The third kappa shape index (κ3) is 4.23. The summed E-state index contributed by atoms with van der Waals surface area (Å²) in [5.74, 6) is 5.72. The van der Waals surface area contributed by atoms with E-state index in [1.807, 2.05) is 39.8 Å². The maximum Gasteiger partial charge on any atom is 0.251 e. The van der Waals surface area contributed by atoms with Crippen molar-refractivity contribution in [2.75, 3.05) is 6.54 Å². The van der Waals surface area contributed by atoms with Gasteiger partial charge in [0, 0.05) is 16.7 Å². The molecule has 0 aliphatic rings. The van der Waals surface area contributed by atoms with Crippen LogP contribution in [-0.4, -0.2) is 18.0 Å². The fourth-order valence-electron chi connectivity index (χ4n) is 1.50. The highest BCUT2D eigenvalue weighted by atomic mass is 16.1. The minimum absolute atomic E-state index is 0.0658. The summed E-state index contributed by atoms with van der Waals surface area (Å²) in [5.41, 5.74) is 7.65. The Morgan fingerprint density at radius 2 is 2.06 bits per heavy atom. The third-order valence-electron chi connectivity index (χ3n) is 2.30. The highest BCUT2D eigenvalue weighted by molar-refractivity contribution is 5.95. The zero-order valence-corrected chi connectivity index (χ0v) is 11.4. The van der Waals surface area contributed by atoms with Crippen molar-refractivity contribution in [1.82, 2.24) is 5.32 Å². The summed E-state index contributed by atoms with van der Waals surface area (Å²) in [6.45, 7) is 8.15. The van der Waals surface area contributed by atoms with Crippen molar-refractivity contribution in [2.45, 2.75) is 33.2 Å². The van der Waals surface area contributed by atoms with E-state index in [1.54, 1.807) is 6.07 Å². The number of hydrogen-bond acceptors (Lipinski definition) is 2. The molecule has 0 aromatic heterocycles. The molecule has 0 bridgehead atoms. The van der Waals surface area contributed by atoms with E-state index < -0.39 is 0 Å². The number of rotatable bonds is 1. The van der Waals surface area contributed by atoms with Crippen LogP contribution in [0.3, 0.4) is 0 Å². The molecule has 3 heteroatoms. The maximum atomic E-state index is 12.0. The van der Waals surface area contributed by atoms with Gasteiger partial charge in [-0.2, -0.15) is 0 Å². The van der Waals surface area contributed by atoms with E-state index in [-0.39, 0.29) is 11.4 Å². The standard InChI is InChI=1S/C15H20N2O/c1-11-10-13(14(18)17-15(2,3)4)8-7-12(11)6-5-9-16/h7-8,10H,9,16H2,1-4H3,(H,17,18). The molecule has 1 aromatic rings. The van der Waals surface area contributed by atoms with Crippen molar-refractivity contribution in [1.29, 1.82) is 0 Å². The summed E-state index contributed by atoms with van der Waals surface area (Å²) in [5, 5.41) is 2.93. The lowest BCUT2D eigenvalue weighted by Crippen LogP contribution is -2.40. The maximum absolute atomic E-state index is 12.0. The Hall–Kier alpha value is -1.79. The second-order valence-electron chi connectivity index (χ2n) is 5.24.